The third-order valence-corrected chi connectivity index (χ3v) is 9.30. The lowest BCUT2D eigenvalue weighted by Crippen LogP contribution is -1.94. The molecule has 3 aromatic heterocycles. The molecule has 0 amide bonds. The molecule has 264 valence electrons. The molecule has 0 unspecified atom stereocenters. The molecule has 3 aromatic carbocycles. The summed E-state index contributed by atoms with van der Waals surface area (Å²) in [6.07, 6.45) is 0. The summed E-state index contributed by atoms with van der Waals surface area (Å²) in [4.78, 5) is 4.56. The van der Waals surface area contributed by atoms with Crippen molar-refractivity contribution in [3.63, 3.8) is 0 Å². The molecule has 0 aliphatic carbocycles. The smallest absolute Gasteiger partial charge is 0.106 e. The van der Waals surface area contributed by atoms with Crippen LogP contribution in [0.5, 0.6) is 0 Å². The van der Waals surface area contributed by atoms with Gasteiger partial charge in [-0.25, -0.2) is 4.98 Å². The quantitative estimate of drug-likeness (QED) is 0.191. The molecule has 3 heterocycles. The van der Waals surface area contributed by atoms with Crippen LogP contribution in [0.15, 0.2) is 36.4 Å². The number of benzene rings is 3. The van der Waals surface area contributed by atoms with E-state index in [0.29, 0.717) is 17.8 Å². The van der Waals surface area contributed by atoms with Gasteiger partial charge in [0.1, 0.15) is 5.82 Å². The van der Waals surface area contributed by atoms with Crippen LogP contribution in [0, 0.1) is 41.5 Å². The Bertz CT molecular complexity index is 1870. The molecule has 6 nitrogen and oxygen atoms in total. The van der Waals surface area contributed by atoms with E-state index in [1.807, 2.05) is 30.4 Å². The van der Waals surface area contributed by atoms with Crippen molar-refractivity contribution in [2.75, 3.05) is 0 Å². The van der Waals surface area contributed by atoms with Crippen LogP contribution < -0.4 is 0 Å². The van der Waals surface area contributed by atoms with Gasteiger partial charge in [-0.15, -0.1) is 0 Å². The Hall–Kier alpha value is -3.93. The van der Waals surface area contributed by atoms with Crippen LogP contribution in [0.3, 0.4) is 0 Å². The van der Waals surface area contributed by atoms with E-state index < -0.39 is 0 Å². The number of imidazole rings is 1. The predicted octanol–water partition coefficient (Wildman–Crippen LogP) is 11.8. The molecule has 0 spiro atoms. The van der Waals surface area contributed by atoms with E-state index in [1.54, 1.807) is 0 Å². The Labute approximate surface area is 292 Å². The second-order valence-corrected chi connectivity index (χ2v) is 13.7. The van der Waals surface area contributed by atoms with Gasteiger partial charge in [-0.1, -0.05) is 63.8 Å². The topological polar surface area (TPSA) is 53.5 Å². The predicted molar refractivity (Wildman–Crippen MR) is 213 cm³/mol. The average molecular weight is 655 g/mol. The largest absolute Gasteiger partial charge is 0.331 e. The number of aromatic nitrogens is 6. The van der Waals surface area contributed by atoms with Crippen molar-refractivity contribution in [1.82, 2.24) is 29.1 Å². The zero-order valence-corrected chi connectivity index (χ0v) is 30.4. The van der Waals surface area contributed by atoms with E-state index in [2.05, 4.69) is 139 Å². The molecule has 0 saturated heterocycles. The molecule has 0 atom stereocenters. The molecule has 48 heavy (non-hydrogen) atoms. The van der Waals surface area contributed by atoms with E-state index >= 15 is 0 Å². The number of nitrogens with zero attached hydrogens (tertiary/aromatic N) is 6. The highest BCUT2D eigenvalue weighted by Gasteiger charge is 2.12. The minimum absolute atomic E-state index is 0. The van der Waals surface area contributed by atoms with Crippen LogP contribution in [0.4, 0.5) is 0 Å². The van der Waals surface area contributed by atoms with Crippen molar-refractivity contribution in [2.24, 2.45) is 21.1 Å². The average Bonchev–Trinajstić information content (AvgIpc) is 3.51. The first-order chi connectivity index (χ1) is 21.0. The Morgan fingerprint density at radius 2 is 0.958 bits per heavy atom. The molecular weight excluding hydrogens is 589 g/mol. The van der Waals surface area contributed by atoms with Crippen molar-refractivity contribution in [1.29, 1.82) is 0 Å². The second-order valence-electron chi connectivity index (χ2n) is 13.7. The van der Waals surface area contributed by atoms with Gasteiger partial charge in [0.15, 0.2) is 0 Å². The van der Waals surface area contributed by atoms with Crippen LogP contribution in [-0.2, 0) is 21.1 Å². The maximum atomic E-state index is 4.56. The van der Waals surface area contributed by atoms with E-state index in [1.165, 1.54) is 60.9 Å². The minimum atomic E-state index is 0. The van der Waals surface area contributed by atoms with Crippen LogP contribution in [0.2, 0.25) is 0 Å². The van der Waals surface area contributed by atoms with Crippen molar-refractivity contribution in [3.8, 4) is 0 Å². The van der Waals surface area contributed by atoms with E-state index in [-0.39, 0.29) is 22.3 Å². The fourth-order valence-corrected chi connectivity index (χ4v) is 6.44. The summed E-state index contributed by atoms with van der Waals surface area (Å²) in [6, 6.07) is 13.5. The fraction of sp³-hybridized carbons (Fsp3) is 0.500. The highest BCUT2D eigenvalue weighted by Crippen LogP contribution is 2.28. The molecule has 6 rings (SSSR count). The maximum absolute atomic E-state index is 4.56. The first-order valence-corrected chi connectivity index (χ1v) is 16.3. The number of hydrogen-bond donors (Lipinski definition) is 0. The van der Waals surface area contributed by atoms with Crippen LogP contribution in [0.1, 0.15) is 132 Å². The Morgan fingerprint density at radius 1 is 0.500 bits per heavy atom. The highest BCUT2D eigenvalue weighted by atomic mass is 15.3. The van der Waals surface area contributed by atoms with Crippen LogP contribution in [0.25, 0.3) is 32.8 Å². The zero-order valence-electron chi connectivity index (χ0n) is 30.4. The summed E-state index contributed by atoms with van der Waals surface area (Å²) < 4.78 is 6.07. The van der Waals surface area contributed by atoms with Gasteiger partial charge in [-0.3, -0.25) is 9.36 Å². The van der Waals surface area contributed by atoms with Gasteiger partial charge in [0.25, 0.3) is 0 Å². The zero-order chi connectivity index (χ0) is 33.5. The molecule has 0 aliphatic heterocycles. The van der Waals surface area contributed by atoms with Crippen LogP contribution >= 0.6 is 0 Å². The van der Waals surface area contributed by atoms with Crippen LogP contribution in [-0.4, -0.2) is 29.1 Å². The SMILES string of the molecule is C.C.C.Cc1cc2c(C)n(C)nc2cc1C(C)C.Cc1cc2c(C)nn(C)c2cc1C(C)C.Cc1cc2c(cc1C(C)C)nc(C)n2C. The number of aryl methyl sites for hydroxylation is 9. The lowest BCUT2D eigenvalue weighted by Gasteiger charge is -2.10. The number of fused-ring (bicyclic) bond motifs is 3. The van der Waals surface area contributed by atoms with Gasteiger partial charge in [0, 0.05) is 37.6 Å². The molecule has 0 bridgehead atoms. The minimum Gasteiger partial charge on any atom is -0.331 e. The van der Waals surface area contributed by atoms with Gasteiger partial charge in [0.2, 0.25) is 0 Å². The van der Waals surface area contributed by atoms with Gasteiger partial charge in [-0.05, 0) is 129 Å². The van der Waals surface area contributed by atoms with Crippen molar-refractivity contribution in [3.05, 3.63) is 87.0 Å². The molecule has 0 fully saturated rings. The summed E-state index contributed by atoms with van der Waals surface area (Å²) >= 11 is 0. The lowest BCUT2D eigenvalue weighted by molar-refractivity contribution is 0.750. The van der Waals surface area contributed by atoms with Gasteiger partial charge in [-0.2, -0.15) is 10.2 Å². The Morgan fingerprint density at radius 3 is 1.48 bits per heavy atom. The summed E-state index contributed by atoms with van der Waals surface area (Å²) in [7, 11) is 6.08. The third-order valence-electron chi connectivity index (χ3n) is 9.30. The van der Waals surface area contributed by atoms with Gasteiger partial charge >= 0.3 is 0 Å². The summed E-state index contributed by atoms with van der Waals surface area (Å²) in [5, 5.41) is 11.5. The second kappa shape index (κ2) is 16.5. The molecule has 0 radical (unpaired) electrons. The number of rotatable bonds is 3. The van der Waals surface area contributed by atoms with E-state index in [4.69, 9.17) is 0 Å². The lowest BCUT2D eigenvalue weighted by atomic mass is 9.96. The first kappa shape index (κ1) is 42.1. The molecule has 0 N–H and O–H groups in total. The molecule has 0 aliphatic rings. The summed E-state index contributed by atoms with van der Waals surface area (Å²) in [5.74, 6) is 2.78. The molecular formula is C42H66N6. The van der Waals surface area contributed by atoms with E-state index in [9.17, 15) is 0 Å². The van der Waals surface area contributed by atoms with Gasteiger partial charge in [0.05, 0.1) is 27.8 Å². The van der Waals surface area contributed by atoms with Crippen molar-refractivity contribution >= 4 is 32.8 Å². The number of hydrogen-bond acceptors (Lipinski definition) is 3. The maximum Gasteiger partial charge on any atom is 0.106 e. The summed E-state index contributed by atoms with van der Waals surface area (Å²) in [5.41, 5.74) is 15.4. The Kier molecular flexibility index (Phi) is 14.4. The van der Waals surface area contributed by atoms with Crippen molar-refractivity contribution < 1.29 is 0 Å². The van der Waals surface area contributed by atoms with Crippen molar-refractivity contribution in [2.45, 2.75) is 123 Å². The normalized spacial score (nSPS) is 10.9. The molecule has 0 saturated carbocycles. The first-order valence-electron chi connectivity index (χ1n) is 16.3. The molecule has 6 aromatic rings. The Balaban J connectivity index is 0.000000349. The fourth-order valence-electron chi connectivity index (χ4n) is 6.44. The van der Waals surface area contributed by atoms with E-state index in [0.717, 1.165) is 22.6 Å². The summed E-state index contributed by atoms with van der Waals surface area (Å²) in [6.45, 7) is 26.1. The monoisotopic (exact) mass is 655 g/mol. The molecule has 6 heteroatoms. The van der Waals surface area contributed by atoms with Gasteiger partial charge < -0.3 is 4.57 Å². The highest BCUT2D eigenvalue weighted by molar-refractivity contribution is 5.84. The third kappa shape index (κ3) is 8.37. The standard InChI is InChI=1S/3C13H18N2.3CH4/c1-8(2)11-7-12-13(6-9(11)3)15(5)10(4)14-12;1-8(2)11-7-13-12(6-9(11)3)10(4)15(5)14-13;1-8(2)11-7-13-12(6-9(11)3)10(4)14-15(13)5;;;/h3*6-8H,1-5H3;3*1H4.